The maximum Gasteiger partial charge on any atom is 0.423 e. The standard InChI is InChI=1S/C23H24N4O3/c1-5-7-21-24-22-17-12-19(29-3)20(30-4)13-18(17)26(23(28)27(22)25-21)14-16-10-8-15(6-2)9-11-16/h6,8-13H,2,5,7,14H2,1,3-4H3/p+1. The molecule has 0 saturated heterocycles. The van der Waals surface area contributed by atoms with Crippen LogP contribution >= 0.6 is 0 Å². The van der Waals surface area contributed by atoms with Crippen LogP contribution in [-0.4, -0.2) is 28.4 Å². The first-order valence-electron chi connectivity index (χ1n) is 9.90. The molecule has 4 rings (SSSR count). The highest BCUT2D eigenvalue weighted by Gasteiger charge is 2.23. The minimum atomic E-state index is -0.212. The van der Waals surface area contributed by atoms with E-state index < -0.39 is 0 Å². The first kappa shape index (κ1) is 19.7. The van der Waals surface area contributed by atoms with Gasteiger partial charge in [0.1, 0.15) is 0 Å². The van der Waals surface area contributed by atoms with Crippen molar-refractivity contribution in [2.75, 3.05) is 14.2 Å². The molecule has 0 saturated carbocycles. The van der Waals surface area contributed by atoms with E-state index >= 15 is 0 Å². The Balaban J connectivity index is 2.00. The summed E-state index contributed by atoms with van der Waals surface area (Å²) in [6, 6.07) is 11.7. The zero-order chi connectivity index (χ0) is 21.3. The fourth-order valence-electron chi connectivity index (χ4n) is 3.65. The first-order valence-corrected chi connectivity index (χ1v) is 9.90. The van der Waals surface area contributed by atoms with E-state index in [9.17, 15) is 4.79 Å². The lowest BCUT2D eigenvalue weighted by Crippen LogP contribution is -2.29. The number of methoxy groups -OCH3 is 2. The molecule has 0 bridgehead atoms. The van der Waals surface area contributed by atoms with Crippen molar-refractivity contribution in [2.45, 2.75) is 26.3 Å². The van der Waals surface area contributed by atoms with Gasteiger partial charge in [0.15, 0.2) is 11.5 Å². The van der Waals surface area contributed by atoms with Gasteiger partial charge in [0, 0.05) is 18.6 Å². The third-order valence-electron chi connectivity index (χ3n) is 5.20. The predicted octanol–water partition coefficient (Wildman–Crippen LogP) is 3.12. The molecular formula is C23H25N4O3+. The van der Waals surface area contributed by atoms with E-state index in [0.29, 0.717) is 23.7 Å². The van der Waals surface area contributed by atoms with Crippen LogP contribution in [0.1, 0.15) is 30.3 Å². The Morgan fingerprint density at radius 3 is 2.47 bits per heavy atom. The normalized spacial score (nSPS) is 11.2. The third-order valence-corrected chi connectivity index (χ3v) is 5.20. The van der Waals surface area contributed by atoms with Crippen LogP contribution in [0.2, 0.25) is 0 Å². The molecule has 30 heavy (non-hydrogen) atoms. The van der Waals surface area contributed by atoms with Crippen molar-refractivity contribution in [3.05, 3.63) is 70.4 Å². The zero-order valence-corrected chi connectivity index (χ0v) is 17.4. The van der Waals surface area contributed by atoms with E-state index in [2.05, 4.69) is 23.6 Å². The Hall–Kier alpha value is -3.61. The van der Waals surface area contributed by atoms with E-state index in [1.165, 1.54) is 4.52 Å². The lowest BCUT2D eigenvalue weighted by molar-refractivity contribution is -0.358. The number of fused-ring (bicyclic) bond motifs is 3. The van der Waals surface area contributed by atoms with Crippen molar-refractivity contribution in [1.29, 1.82) is 0 Å². The van der Waals surface area contributed by atoms with E-state index in [-0.39, 0.29) is 5.69 Å². The zero-order valence-electron chi connectivity index (χ0n) is 17.4. The van der Waals surface area contributed by atoms with Crippen molar-refractivity contribution in [3.63, 3.8) is 0 Å². The molecule has 4 aromatic rings. The number of ether oxygens (including phenoxy) is 2. The van der Waals surface area contributed by atoms with Crippen molar-refractivity contribution in [2.24, 2.45) is 0 Å². The molecule has 0 amide bonds. The number of aromatic amines is 1. The SMILES string of the molecule is C=Cc1ccc(Cn2c(=O)n3nc(CCC)[nH+]c3c3cc(OC)c(OC)cc32)cc1. The number of rotatable bonds is 7. The van der Waals surface area contributed by atoms with Gasteiger partial charge in [-0.2, -0.15) is 0 Å². The largest absolute Gasteiger partial charge is 0.493 e. The van der Waals surface area contributed by atoms with Gasteiger partial charge >= 0.3 is 5.69 Å². The van der Waals surface area contributed by atoms with Gasteiger partial charge in [0.2, 0.25) is 0 Å². The second kappa shape index (κ2) is 8.02. The molecule has 0 aliphatic rings. The van der Waals surface area contributed by atoms with Gasteiger partial charge in [0.05, 0.1) is 36.8 Å². The quantitative estimate of drug-likeness (QED) is 0.474. The summed E-state index contributed by atoms with van der Waals surface area (Å²) >= 11 is 0. The lowest BCUT2D eigenvalue weighted by Gasteiger charge is -2.13. The minimum Gasteiger partial charge on any atom is -0.493 e. The number of hydrogen-bond donors (Lipinski definition) is 0. The second-order valence-corrected chi connectivity index (χ2v) is 7.12. The highest BCUT2D eigenvalue weighted by atomic mass is 16.5. The molecule has 2 heterocycles. The summed E-state index contributed by atoms with van der Waals surface area (Å²) in [4.78, 5) is 16.7. The minimum absolute atomic E-state index is 0.212. The second-order valence-electron chi connectivity index (χ2n) is 7.12. The van der Waals surface area contributed by atoms with Gasteiger partial charge in [0.25, 0.3) is 11.5 Å². The number of aryl methyl sites for hydroxylation is 1. The molecule has 0 radical (unpaired) electrons. The Morgan fingerprint density at radius 1 is 1.13 bits per heavy atom. The number of hydrogen-bond acceptors (Lipinski definition) is 4. The van der Waals surface area contributed by atoms with Gasteiger partial charge in [-0.05, 0) is 22.1 Å². The van der Waals surface area contributed by atoms with Crippen LogP contribution in [0.25, 0.3) is 22.6 Å². The highest BCUT2D eigenvalue weighted by Crippen LogP contribution is 2.32. The summed E-state index contributed by atoms with van der Waals surface area (Å²) in [7, 11) is 3.18. The fourth-order valence-corrected chi connectivity index (χ4v) is 3.65. The molecule has 1 N–H and O–H groups in total. The van der Waals surface area contributed by atoms with Crippen LogP contribution in [0.5, 0.6) is 11.5 Å². The van der Waals surface area contributed by atoms with E-state index in [1.54, 1.807) is 24.9 Å². The average Bonchev–Trinajstić information content (AvgIpc) is 3.20. The molecule has 2 aromatic carbocycles. The van der Waals surface area contributed by atoms with Crippen molar-refractivity contribution < 1.29 is 14.5 Å². The Bertz CT molecular complexity index is 1290. The maximum atomic E-state index is 13.4. The van der Waals surface area contributed by atoms with Gasteiger partial charge in [-0.25, -0.2) is 9.78 Å². The fraction of sp³-hybridized carbons (Fsp3) is 0.261. The summed E-state index contributed by atoms with van der Waals surface area (Å²) in [5.41, 5.74) is 3.22. The predicted molar refractivity (Wildman–Crippen MR) is 116 cm³/mol. The van der Waals surface area contributed by atoms with Gasteiger partial charge < -0.3 is 9.47 Å². The molecule has 0 aliphatic carbocycles. The topological polar surface area (TPSA) is 71.9 Å². The number of nitrogens with zero attached hydrogens (tertiary/aromatic N) is 3. The number of nitrogens with one attached hydrogen (secondary N) is 1. The molecule has 7 nitrogen and oxygen atoms in total. The molecule has 7 heteroatoms. The molecule has 154 valence electrons. The van der Waals surface area contributed by atoms with Crippen LogP contribution in [0.3, 0.4) is 0 Å². The molecular weight excluding hydrogens is 380 g/mol. The molecule has 0 fully saturated rings. The monoisotopic (exact) mass is 405 g/mol. The Kier molecular flexibility index (Phi) is 5.27. The van der Waals surface area contributed by atoms with Gasteiger partial charge in [-0.3, -0.25) is 4.57 Å². The molecule has 0 aliphatic heterocycles. The smallest absolute Gasteiger partial charge is 0.423 e. The summed E-state index contributed by atoms with van der Waals surface area (Å²) < 4.78 is 14.1. The van der Waals surface area contributed by atoms with Gasteiger partial charge in [-0.1, -0.05) is 43.8 Å². The first-order chi connectivity index (χ1) is 14.6. The molecule has 0 spiro atoms. The summed E-state index contributed by atoms with van der Waals surface area (Å²) in [6.45, 7) is 6.27. The van der Waals surface area contributed by atoms with Crippen LogP contribution in [0.15, 0.2) is 47.8 Å². The van der Waals surface area contributed by atoms with Crippen molar-refractivity contribution in [3.8, 4) is 11.5 Å². The van der Waals surface area contributed by atoms with Gasteiger partial charge in [-0.15, -0.1) is 0 Å². The summed E-state index contributed by atoms with van der Waals surface area (Å²) in [6.07, 6.45) is 3.49. The summed E-state index contributed by atoms with van der Waals surface area (Å²) in [5.74, 6) is 1.94. The Labute approximate surface area is 174 Å². The molecule has 0 atom stereocenters. The number of H-pyrrole nitrogens is 1. The van der Waals surface area contributed by atoms with Crippen LogP contribution in [0, 0.1) is 0 Å². The number of benzene rings is 2. The Morgan fingerprint density at radius 2 is 1.83 bits per heavy atom. The lowest BCUT2D eigenvalue weighted by atomic mass is 10.1. The maximum absolute atomic E-state index is 13.4. The summed E-state index contributed by atoms with van der Waals surface area (Å²) in [5, 5.41) is 5.36. The van der Waals surface area contributed by atoms with Crippen LogP contribution < -0.4 is 20.1 Å². The third kappa shape index (κ3) is 3.32. The van der Waals surface area contributed by atoms with Crippen LogP contribution in [-0.2, 0) is 13.0 Å². The molecule has 2 aromatic heterocycles. The van der Waals surface area contributed by atoms with E-state index in [1.807, 2.05) is 36.4 Å². The van der Waals surface area contributed by atoms with Crippen LogP contribution in [0.4, 0.5) is 0 Å². The van der Waals surface area contributed by atoms with E-state index in [0.717, 1.165) is 40.7 Å². The van der Waals surface area contributed by atoms with Crippen molar-refractivity contribution >= 4 is 22.6 Å². The average molecular weight is 405 g/mol. The molecule has 0 unspecified atom stereocenters. The highest BCUT2D eigenvalue weighted by molar-refractivity contribution is 5.92. The van der Waals surface area contributed by atoms with E-state index in [4.69, 9.17) is 9.47 Å². The number of aromatic nitrogens is 4. The van der Waals surface area contributed by atoms with Crippen molar-refractivity contribution in [1.82, 2.24) is 14.2 Å².